The van der Waals surface area contributed by atoms with E-state index in [9.17, 15) is 4.79 Å². The topological polar surface area (TPSA) is 76.7 Å². The second kappa shape index (κ2) is 11.8. The first-order valence-corrected chi connectivity index (χ1v) is 13.5. The molecule has 1 unspecified atom stereocenters. The zero-order chi connectivity index (χ0) is 27.4. The van der Waals surface area contributed by atoms with E-state index < -0.39 is 0 Å². The number of H-pyrrole nitrogens is 1. The minimum absolute atomic E-state index is 0.0773. The van der Waals surface area contributed by atoms with Crippen molar-refractivity contribution in [2.24, 2.45) is 0 Å². The van der Waals surface area contributed by atoms with Gasteiger partial charge in [0, 0.05) is 22.7 Å². The SMILES string of the molecule is CCCCOc1ccc(C2c3c(-c4ccc(Cl)cc4)n[nH]c3C(=O)N2CCc2ccc(OC)c(OC)c2)cc1. The number of carbonyl (C=O) groups excluding carboxylic acids is 1. The molecule has 1 N–H and O–H groups in total. The summed E-state index contributed by atoms with van der Waals surface area (Å²) in [7, 11) is 3.24. The standard InChI is InChI=1S/C31H32ClN3O4/c1-4-5-18-39-24-13-9-22(10-14-24)30-27-28(21-7-11-23(32)12-8-21)33-34-29(27)31(36)35(30)17-16-20-6-15-25(37-2)26(19-20)38-3/h6-15,19,30H,4-5,16-18H2,1-3H3,(H,33,34). The van der Waals surface area contributed by atoms with Crippen LogP contribution < -0.4 is 14.2 Å². The summed E-state index contributed by atoms with van der Waals surface area (Å²) >= 11 is 6.14. The molecule has 0 saturated heterocycles. The third-order valence-corrected chi connectivity index (χ3v) is 7.29. The Hall–Kier alpha value is -3.97. The first-order valence-electron chi connectivity index (χ1n) is 13.1. The number of amides is 1. The first kappa shape index (κ1) is 26.6. The molecule has 7 nitrogen and oxygen atoms in total. The molecule has 39 heavy (non-hydrogen) atoms. The van der Waals surface area contributed by atoms with Gasteiger partial charge in [0.25, 0.3) is 5.91 Å². The molecule has 2 heterocycles. The predicted octanol–water partition coefficient (Wildman–Crippen LogP) is 6.71. The Labute approximate surface area is 233 Å². The van der Waals surface area contributed by atoms with Crippen molar-refractivity contribution in [3.05, 3.63) is 94.1 Å². The number of nitrogens with zero attached hydrogens (tertiary/aromatic N) is 2. The quantitative estimate of drug-likeness (QED) is 0.212. The molecule has 0 aliphatic carbocycles. The van der Waals surface area contributed by atoms with Gasteiger partial charge in [-0.1, -0.05) is 55.3 Å². The van der Waals surface area contributed by atoms with Gasteiger partial charge >= 0.3 is 0 Å². The van der Waals surface area contributed by atoms with E-state index in [4.69, 9.17) is 25.8 Å². The van der Waals surface area contributed by atoms with Crippen molar-refractivity contribution in [3.63, 3.8) is 0 Å². The molecule has 0 spiro atoms. The largest absolute Gasteiger partial charge is 0.494 e. The summed E-state index contributed by atoms with van der Waals surface area (Å²) in [4.78, 5) is 15.6. The average molecular weight is 546 g/mol. The maximum Gasteiger partial charge on any atom is 0.273 e. The first-order chi connectivity index (χ1) is 19.0. The third kappa shape index (κ3) is 5.45. The van der Waals surface area contributed by atoms with Crippen LogP contribution in [0.15, 0.2) is 66.7 Å². The maximum absolute atomic E-state index is 13.7. The van der Waals surface area contributed by atoms with E-state index in [0.717, 1.165) is 46.5 Å². The van der Waals surface area contributed by atoms with E-state index >= 15 is 0 Å². The number of nitrogens with one attached hydrogen (secondary N) is 1. The lowest BCUT2D eigenvalue weighted by Gasteiger charge is -2.27. The minimum atomic E-state index is -0.304. The fourth-order valence-electron chi connectivity index (χ4n) is 4.97. The Morgan fingerprint density at radius 3 is 2.41 bits per heavy atom. The van der Waals surface area contributed by atoms with E-state index in [0.29, 0.717) is 41.8 Å². The number of aromatic amines is 1. The molecule has 1 atom stereocenters. The Morgan fingerprint density at radius 1 is 0.974 bits per heavy atom. The van der Waals surface area contributed by atoms with Gasteiger partial charge in [-0.2, -0.15) is 5.10 Å². The van der Waals surface area contributed by atoms with E-state index in [1.807, 2.05) is 71.6 Å². The number of hydrogen-bond donors (Lipinski definition) is 1. The van der Waals surface area contributed by atoms with Crippen LogP contribution in [-0.2, 0) is 6.42 Å². The Balaban J connectivity index is 1.48. The lowest BCUT2D eigenvalue weighted by Crippen LogP contribution is -2.31. The van der Waals surface area contributed by atoms with Gasteiger partial charge in [-0.3, -0.25) is 9.89 Å². The molecule has 1 aliphatic rings. The van der Waals surface area contributed by atoms with Gasteiger partial charge in [0.2, 0.25) is 0 Å². The fraction of sp³-hybridized carbons (Fsp3) is 0.290. The van der Waals surface area contributed by atoms with Crippen LogP contribution in [0.5, 0.6) is 17.2 Å². The molecule has 1 amide bonds. The molecule has 0 radical (unpaired) electrons. The Bertz CT molecular complexity index is 1430. The molecule has 8 heteroatoms. The summed E-state index contributed by atoms with van der Waals surface area (Å²) in [6, 6.07) is 21.1. The summed E-state index contributed by atoms with van der Waals surface area (Å²) in [6.07, 6.45) is 2.73. The molecule has 5 rings (SSSR count). The van der Waals surface area contributed by atoms with Gasteiger partial charge in [0.1, 0.15) is 11.4 Å². The smallest absolute Gasteiger partial charge is 0.273 e. The molecule has 202 valence electrons. The van der Waals surface area contributed by atoms with Crippen molar-refractivity contribution in [2.45, 2.75) is 32.2 Å². The van der Waals surface area contributed by atoms with Gasteiger partial charge in [-0.15, -0.1) is 0 Å². The van der Waals surface area contributed by atoms with Crippen LogP contribution in [0.4, 0.5) is 0 Å². The summed E-state index contributed by atoms with van der Waals surface area (Å²) in [5.74, 6) is 2.08. The number of ether oxygens (including phenoxy) is 3. The predicted molar refractivity (Wildman–Crippen MR) is 152 cm³/mol. The van der Waals surface area contributed by atoms with Crippen LogP contribution in [0.2, 0.25) is 5.02 Å². The fourth-order valence-corrected chi connectivity index (χ4v) is 5.09. The molecule has 0 saturated carbocycles. The van der Waals surface area contributed by atoms with Crippen LogP contribution in [0, 0.1) is 0 Å². The van der Waals surface area contributed by atoms with E-state index in [-0.39, 0.29) is 11.9 Å². The van der Waals surface area contributed by atoms with Crippen molar-refractivity contribution in [3.8, 4) is 28.5 Å². The lowest BCUT2D eigenvalue weighted by atomic mass is 9.96. The number of carbonyl (C=O) groups is 1. The Kier molecular flexibility index (Phi) is 8.07. The minimum Gasteiger partial charge on any atom is -0.494 e. The molecule has 4 aromatic rings. The zero-order valence-electron chi connectivity index (χ0n) is 22.4. The third-order valence-electron chi connectivity index (χ3n) is 7.03. The molecule has 1 aliphatic heterocycles. The van der Waals surface area contributed by atoms with Crippen molar-refractivity contribution in [1.29, 1.82) is 0 Å². The number of methoxy groups -OCH3 is 2. The number of benzene rings is 3. The van der Waals surface area contributed by atoms with Gasteiger partial charge in [0.15, 0.2) is 11.5 Å². The summed E-state index contributed by atoms with van der Waals surface area (Å²) in [5, 5.41) is 8.22. The number of aromatic nitrogens is 2. The zero-order valence-corrected chi connectivity index (χ0v) is 23.1. The van der Waals surface area contributed by atoms with E-state index in [1.165, 1.54) is 0 Å². The van der Waals surface area contributed by atoms with Gasteiger partial charge in [-0.05, 0) is 60.4 Å². The highest BCUT2D eigenvalue weighted by Gasteiger charge is 2.42. The Morgan fingerprint density at radius 2 is 1.72 bits per heavy atom. The second-order valence-electron chi connectivity index (χ2n) is 9.48. The highest BCUT2D eigenvalue weighted by molar-refractivity contribution is 6.30. The molecular weight excluding hydrogens is 514 g/mol. The highest BCUT2D eigenvalue weighted by atomic mass is 35.5. The van der Waals surface area contributed by atoms with Gasteiger partial charge in [-0.25, -0.2) is 0 Å². The maximum atomic E-state index is 13.7. The second-order valence-corrected chi connectivity index (χ2v) is 9.92. The number of rotatable bonds is 11. The van der Waals surface area contributed by atoms with Crippen molar-refractivity contribution in [2.75, 3.05) is 27.4 Å². The van der Waals surface area contributed by atoms with Gasteiger partial charge in [0.05, 0.1) is 32.6 Å². The number of hydrogen-bond acceptors (Lipinski definition) is 5. The van der Waals surface area contributed by atoms with Crippen molar-refractivity contribution in [1.82, 2.24) is 15.1 Å². The van der Waals surface area contributed by atoms with Gasteiger partial charge < -0.3 is 19.1 Å². The van der Waals surface area contributed by atoms with Crippen LogP contribution in [-0.4, -0.2) is 48.4 Å². The number of halogens is 1. The van der Waals surface area contributed by atoms with E-state index in [2.05, 4.69) is 17.1 Å². The number of unbranched alkanes of at least 4 members (excludes halogenated alkanes) is 1. The molecule has 1 aromatic heterocycles. The van der Waals surface area contributed by atoms with Crippen molar-refractivity contribution < 1.29 is 19.0 Å². The van der Waals surface area contributed by atoms with E-state index in [1.54, 1.807) is 14.2 Å². The summed E-state index contributed by atoms with van der Waals surface area (Å²) < 4.78 is 16.7. The van der Waals surface area contributed by atoms with Crippen LogP contribution >= 0.6 is 11.6 Å². The molecule has 0 bridgehead atoms. The van der Waals surface area contributed by atoms with Crippen molar-refractivity contribution >= 4 is 17.5 Å². The van der Waals surface area contributed by atoms with Crippen LogP contribution in [0.25, 0.3) is 11.3 Å². The summed E-state index contributed by atoms with van der Waals surface area (Å²) in [6.45, 7) is 3.33. The molecule has 3 aromatic carbocycles. The average Bonchev–Trinajstić information content (AvgIpc) is 3.51. The molecular formula is C31H32ClN3O4. The summed E-state index contributed by atoms with van der Waals surface area (Å²) in [5.41, 5.74) is 5.07. The van der Waals surface area contributed by atoms with Crippen LogP contribution in [0.1, 0.15) is 53.0 Å². The number of fused-ring (bicyclic) bond motifs is 1. The monoisotopic (exact) mass is 545 g/mol. The lowest BCUT2D eigenvalue weighted by molar-refractivity contribution is 0.0746. The van der Waals surface area contributed by atoms with Crippen LogP contribution in [0.3, 0.4) is 0 Å². The highest BCUT2D eigenvalue weighted by Crippen LogP contribution is 2.43. The normalized spacial score (nSPS) is 14.4. The molecule has 0 fully saturated rings.